The molecule has 1 amide bonds. The minimum Gasteiger partial charge on any atom is -0.376 e. The number of thiazole rings is 1. The van der Waals surface area contributed by atoms with Gasteiger partial charge in [-0.25, -0.2) is 4.98 Å². The van der Waals surface area contributed by atoms with E-state index in [1.165, 1.54) is 21.1 Å². The van der Waals surface area contributed by atoms with Gasteiger partial charge >= 0.3 is 0 Å². The van der Waals surface area contributed by atoms with Gasteiger partial charge in [0.25, 0.3) is 5.91 Å². The quantitative estimate of drug-likeness (QED) is 0.886. The molecule has 0 aromatic carbocycles. The minimum absolute atomic E-state index is 0.0800. The molecule has 3 atom stereocenters. The Bertz CT molecular complexity index is 701. The molecule has 5 nitrogen and oxygen atoms in total. The first-order valence-electron chi connectivity index (χ1n) is 8.24. The van der Waals surface area contributed by atoms with Crippen LogP contribution in [0.3, 0.4) is 0 Å². The van der Waals surface area contributed by atoms with Crippen LogP contribution in [0, 0.1) is 18.8 Å². The number of rotatable bonds is 5. The molecule has 128 valence electrons. The number of hydrogen-bond acceptors (Lipinski definition) is 6. The largest absolute Gasteiger partial charge is 0.376 e. The summed E-state index contributed by atoms with van der Waals surface area (Å²) in [6.07, 6.45) is 0.312. The van der Waals surface area contributed by atoms with E-state index in [1.54, 1.807) is 10.9 Å². The highest BCUT2D eigenvalue weighted by Crippen LogP contribution is 2.34. The molecular weight excluding hydrogens is 342 g/mol. The zero-order valence-corrected chi connectivity index (χ0v) is 15.2. The molecule has 0 spiro atoms. The highest BCUT2D eigenvalue weighted by atomic mass is 32.1. The van der Waals surface area contributed by atoms with Crippen molar-refractivity contribution in [1.29, 1.82) is 0 Å². The van der Waals surface area contributed by atoms with E-state index in [9.17, 15) is 4.79 Å². The SMILES string of the molecule is Cc1ccc(CN2C[C@H]3[C@H](CNC(=O)c4cscn4)CO[C@H]3C2)s1. The lowest BCUT2D eigenvalue weighted by Crippen LogP contribution is -2.34. The predicted molar refractivity (Wildman–Crippen MR) is 95.5 cm³/mol. The molecule has 4 heterocycles. The normalized spacial score (nSPS) is 26.6. The predicted octanol–water partition coefficient (Wildman–Crippen LogP) is 2.39. The maximum absolute atomic E-state index is 12.0. The number of carbonyl (C=O) groups excluding carboxylic acids is 1. The van der Waals surface area contributed by atoms with E-state index in [4.69, 9.17) is 4.74 Å². The number of nitrogens with zero attached hydrogens (tertiary/aromatic N) is 2. The summed E-state index contributed by atoms with van der Waals surface area (Å²) in [6.45, 7) is 6.63. The van der Waals surface area contributed by atoms with Crippen molar-refractivity contribution in [3.63, 3.8) is 0 Å². The fraction of sp³-hybridized carbons (Fsp3) is 0.529. The van der Waals surface area contributed by atoms with Crippen molar-refractivity contribution in [3.8, 4) is 0 Å². The number of amides is 1. The van der Waals surface area contributed by atoms with E-state index in [0.717, 1.165) is 26.2 Å². The topological polar surface area (TPSA) is 54.5 Å². The molecule has 7 heteroatoms. The summed E-state index contributed by atoms with van der Waals surface area (Å²) in [6, 6.07) is 4.41. The van der Waals surface area contributed by atoms with Gasteiger partial charge in [0.05, 0.1) is 18.2 Å². The van der Waals surface area contributed by atoms with Gasteiger partial charge in [-0.2, -0.15) is 0 Å². The average Bonchev–Trinajstić information content (AvgIpc) is 3.30. The molecule has 2 aromatic heterocycles. The maximum Gasteiger partial charge on any atom is 0.270 e. The van der Waals surface area contributed by atoms with Gasteiger partial charge in [-0.05, 0) is 19.1 Å². The van der Waals surface area contributed by atoms with Gasteiger partial charge in [0.2, 0.25) is 0 Å². The van der Waals surface area contributed by atoms with Crippen LogP contribution in [-0.2, 0) is 11.3 Å². The van der Waals surface area contributed by atoms with E-state index < -0.39 is 0 Å². The third kappa shape index (κ3) is 3.39. The van der Waals surface area contributed by atoms with Gasteiger partial charge in [-0.3, -0.25) is 9.69 Å². The Balaban J connectivity index is 1.30. The van der Waals surface area contributed by atoms with Crippen LogP contribution in [0.4, 0.5) is 0 Å². The molecule has 1 N–H and O–H groups in total. The van der Waals surface area contributed by atoms with Gasteiger partial charge in [-0.15, -0.1) is 22.7 Å². The first kappa shape index (κ1) is 16.2. The summed E-state index contributed by atoms with van der Waals surface area (Å²) in [5, 5.41) is 4.80. The molecule has 0 unspecified atom stereocenters. The molecular formula is C17H21N3O2S2. The average molecular weight is 364 g/mol. The highest BCUT2D eigenvalue weighted by Gasteiger charge is 2.43. The fourth-order valence-corrected chi connectivity index (χ4v) is 5.11. The Hall–Kier alpha value is -1.28. The number of carbonyl (C=O) groups is 1. The van der Waals surface area contributed by atoms with Crippen LogP contribution in [0.15, 0.2) is 23.0 Å². The smallest absolute Gasteiger partial charge is 0.270 e. The van der Waals surface area contributed by atoms with Crippen LogP contribution in [0.5, 0.6) is 0 Å². The zero-order valence-electron chi connectivity index (χ0n) is 13.6. The van der Waals surface area contributed by atoms with E-state index in [0.29, 0.717) is 30.2 Å². The molecule has 0 bridgehead atoms. The molecule has 0 saturated carbocycles. The second-order valence-electron chi connectivity index (χ2n) is 6.59. The first-order valence-corrected chi connectivity index (χ1v) is 10.0. The van der Waals surface area contributed by atoms with Crippen molar-refractivity contribution >= 4 is 28.6 Å². The van der Waals surface area contributed by atoms with Gasteiger partial charge in [0.1, 0.15) is 5.69 Å². The van der Waals surface area contributed by atoms with Crippen LogP contribution in [0.2, 0.25) is 0 Å². The van der Waals surface area contributed by atoms with Gasteiger partial charge in [0.15, 0.2) is 0 Å². The summed E-state index contributed by atoms with van der Waals surface area (Å²) < 4.78 is 5.98. The van der Waals surface area contributed by atoms with Crippen LogP contribution in [0.1, 0.15) is 20.2 Å². The Labute approximate surface area is 149 Å². The lowest BCUT2D eigenvalue weighted by atomic mass is 9.93. The molecule has 4 rings (SSSR count). The molecule has 2 aromatic rings. The van der Waals surface area contributed by atoms with Crippen molar-refractivity contribution in [2.45, 2.75) is 19.6 Å². The molecule has 0 radical (unpaired) electrons. The monoisotopic (exact) mass is 363 g/mol. The third-order valence-corrected chi connectivity index (χ3v) is 6.45. The van der Waals surface area contributed by atoms with Crippen molar-refractivity contribution in [3.05, 3.63) is 38.5 Å². The lowest BCUT2D eigenvalue weighted by molar-refractivity contribution is 0.0902. The van der Waals surface area contributed by atoms with Crippen molar-refractivity contribution < 1.29 is 9.53 Å². The number of ether oxygens (including phenoxy) is 1. The lowest BCUT2D eigenvalue weighted by Gasteiger charge is -2.19. The third-order valence-electron chi connectivity index (χ3n) is 4.88. The fourth-order valence-electron chi connectivity index (χ4n) is 3.65. The minimum atomic E-state index is -0.0800. The van der Waals surface area contributed by atoms with Crippen molar-refractivity contribution in [1.82, 2.24) is 15.2 Å². The zero-order chi connectivity index (χ0) is 16.5. The Morgan fingerprint density at radius 1 is 1.46 bits per heavy atom. The summed E-state index contributed by atoms with van der Waals surface area (Å²) in [5.41, 5.74) is 2.20. The van der Waals surface area contributed by atoms with E-state index in [-0.39, 0.29) is 5.91 Å². The van der Waals surface area contributed by atoms with E-state index in [2.05, 4.69) is 34.3 Å². The van der Waals surface area contributed by atoms with Crippen LogP contribution < -0.4 is 5.32 Å². The molecule has 0 aliphatic carbocycles. The number of aryl methyl sites for hydroxylation is 1. The maximum atomic E-state index is 12.0. The van der Waals surface area contributed by atoms with Gasteiger partial charge in [-0.1, -0.05) is 0 Å². The molecule has 2 fully saturated rings. The second-order valence-corrected chi connectivity index (χ2v) is 8.68. The molecule has 2 aliphatic heterocycles. The standard InChI is InChI=1S/C17H21N3O2S2/c1-11-2-3-13(24-11)5-20-6-14-12(8-22-16(14)7-20)4-18-17(21)15-9-23-10-19-15/h2-3,9-10,12,14,16H,4-8H2,1H3,(H,18,21)/t12-,14+,16+/m1/s1. The van der Waals surface area contributed by atoms with Crippen molar-refractivity contribution in [2.75, 3.05) is 26.2 Å². The van der Waals surface area contributed by atoms with Crippen LogP contribution in [0.25, 0.3) is 0 Å². The molecule has 2 aliphatic rings. The summed E-state index contributed by atoms with van der Waals surface area (Å²) >= 11 is 3.31. The number of fused-ring (bicyclic) bond motifs is 1. The van der Waals surface area contributed by atoms with Crippen molar-refractivity contribution in [2.24, 2.45) is 11.8 Å². The molecule has 24 heavy (non-hydrogen) atoms. The Kier molecular flexibility index (Phi) is 4.67. The number of aromatic nitrogens is 1. The molecule has 2 saturated heterocycles. The first-order chi connectivity index (χ1) is 11.7. The summed E-state index contributed by atoms with van der Waals surface area (Å²) in [5.74, 6) is 0.832. The Morgan fingerprint density at radius 3 is 3.12 bits per heavy atom. The summed E-state index contributed by atoms with van der Waals surface area (Å²) in [7, 11) is 0. The van der Waals surface area contributed by atoms with E-state index in [1.807, 2.05) is 11.3 Å². The number of likely N-dealkylation sites (tertiary alicyclic amines) is 1. The van der Waals surface area contributed by atoms with E-state index >= 15 is 0 Å². The van der Waals surface area contributed by atoms with Crippen LogP contribution >= 0.6 is 22.7 Å². The number of nitrogens with one attached hydrogen (secondary N) is 1. The van der Waals surface area contributed by atoms with Gasteiger partial charge < -0.3 is 10.1 Å². The Morgan fingerprint density at radius 2 is 2.38 bits per heavy atom. The van der Waals surface area contributed by atoms with Gasteiger partial charge in [0, 0.05) is 53.1 Å². The number of hydrogen-bond donors (Lipinski definition) is 1. The highest BCUT2D eigenvalue weighted by molar-refractivity contribution is 7.11. The number of thiophene rings is 1. The summed E-state index contributed by atoms with van der Waals surface area (Å²) in [4.78, 5) is 21.4. The van der Waals surface area contributed by atoms with Crippen LogP contribution in [-0.4, -0.2) is 48.1 Å². The second kappa shape index (κ2) is 6.92.